The first kappa shape index (κ1) is 13.8. The molecule has 1 aromatic carbocycles. The molecule has 2 aromatic rings. The van der Waals surface area contributed by atoms with Crippen molar-refractivity contribution in [2.75, 3.05) is 11.1 Å². The highest BCUT2D eigenvalue weighted by Crippen LogP contribution is 2.12. The van der Waals surface area contributed by atoms with Gasteiger partial charge in [0.1, 0.15) is 0 Å². The minimum absolute atomic E-state index is 0.132. The average Bonchev–Trinajstić information content (AvgIpc) is 2.46. The van der Waals surface area contributed by atoms with Gasteiger partial charge in [-0.25, -0.2) is 4.98 Å². The number of hydrogen-bond acceptors (Lipinski definition) is 5. The standard InChI is InChI=1S/C13H10N4O2S/c14-7-9-1-3-10(4-2-9)16-12(19)8-20-13-15-6-5-11(18)17-13/h1-6H,8H2,(H,16,19)(H,15,17,18). The molecule has 20 heavy (non-hydrogen) atoms. The van der Waals surface area contributed by atoms with Gasteiger partial charge in [-0.2, -0.15) is 5.26 Å². The van der Waals surface area contributed by atoms with Gasteiger partial charge in [-0.05, 0) is 24.3 Å². The highest BCUT2D eigenvalue weighted by Gasteiger charge is 2.05. The molecule has 0 saturated carbocycles. The summed E-state index contributed by atoms with van der Waals surface area (Å²) < 4.78 is 0. The minimum atomic E-state index is -0.255. The number of benzene rings is 1. The van der Waals surface area contributed by atoms with E-state index in [1.165, 1.54) is 12.3 Å². The number of rotatable bonds is 4. The second-order valence-corrected chi connectivity index (χ2v) is 4.73. The Morgan fingerprint density at radius 1 is 1.35 bits per heavy atom. The van der Waals surface area contributed by atoms with Crippen LogP contribution >= 0.6 is 11.8 Å². The molecule has 0 atom stereocenters. The molecule has 100 valence electrons. The number of hydrogen-bond donors (Lipinski definition) is 2. The summed E-state index contributed by atoms with van der Waals surface area (Å²) in [7, 11) is 0. The maximum Gasteiger partial charge on any atom is 0.251 e. The molecule has 1 amide bonds. The molecule has 6 nitrogen and oxygen atoms in total. The van der Waals surface area contributed by atoms with Crippen molar-refractivity contribution in [1.82, 2.24) is 9.97 Å². The lowest BCUT2D eigenvalue weighted by Gasteiger charge is -2.04. The second-order valence-electron chi connectivity index (χ2n) is 3.77. The van der Waals surface area contributed by atoms with E-state index in [1.807, 2.05) is 6.07 Å². The molecule has 7 heteroatoms. The Morgan fingerprint density at radius 3 is 2.75 bits per heavy atom. The number of carbonyl (C=O) groups excluding carboxylic acids is 1. The fourth-order valence-corrected chi connectivity index (χ4v) is 2.03. The Bertz CT molecular complexity index is 703. The van der Waals surface area contributed by atoms with Crippen molar-refractivity contribution in [3.05, 3.63) is 52.4 Å². The first-order chi connectivity index (χ1) is 9.67. The Kier molecular flexibility index (Phi) is 4.52. The molecule has 2 rings (SSSR count). The summed E-state index contributed by atoms with van der Waals surface area (Å²) in [6.07, 6.45) is 1.39. The van der Waals surface area contributed by atoms with Gasteiger partial charge < -0.3 is 10.3 Å². The largest absolute Gasteiger partial charge is 0.325 e. The molecule has 0 aliphatic carbocycles. The number of nitrogens with one attached hydrogen (secondary N) is 2. The monoisotopic (exact) mass is 286 g/mol. The van der Waals surface area contributed by atoms with Crippen LogP contribution < -0.4 is 10.9 Å². The maximum atomic E-state index is 11.7. The summed E-state index contributed by atoms with van der Waals surface area (Å²) in [5, 5.41) is 11.8. The van der Waals surface area contributed by atoms with Gasteiger partial charge in [-0.15, -0.1) is 0 Å². The van der Waals surface area contributed by atoms with Crippen LogP contribution in [0.15, 0.2) is 46.5 Å². The molecular formula is C13H10N4O2S. The number of aromatic nitrogens is 2. The third-order valence-electron chi connectivity index (χ3n) is 2.29. The highest BCUT2D eigenvalue weighted by molar-refractivity contribution is 7.99. The van der Waals surface area contributed by atoms with Crippen LogP contribution in [0.3, 0.4) is 0 Å². The van der Waals surface area contributed by atoms with Gasteiger partial charge in [-0.3, -0.25) is 9.59 Å². The van der Waals surface area contributed by atoms with Crippen LogP contribution in [-0.4, -0.2) is 21.6 Å². The lowest BCUT2D eigenvalue weighted by atomic mass is 10.2. The summed E-state index contributed by atoms with van der Waals surface area (Å²) in [4.78, 5) is 29.2. The van der Waals surface area contributed by atoms with Crippen LogP contribution in [0.25, 0.3) is 0 Å². The van der Waals surface area contributed by atoms with Crippen molar-refractivity contribution >= 4 is 23.4 Å². The zero-order valence-corrected chi connectivity index (χ0v) is 11.1. The van der Waals surface area contributed by atoms with E-state index >= 15 is 0 Å². The van der Waals surface area contributed by atoms with E-state index < -0.39 is 0 Å². The Morgan fingerprint density at radius 2 is 2.10 bits per heavy atom. The summed E-state index contributed by atoms with van der Waals surface area (Å²) in [5.74, 6) is -0.0846. The van der Waals surface area contributed by atoms with E-state index in [0.29, 0.717) is 16.4 Å². The molecule has 0 aliphatic rings. The van der Waals surface area contributed by atoms with Crippen molar-refractivity contribution in [2.24, 2.45) is 0 Å². The number of amides is 1. The fraction of sp³-hybridized carbons (Fsp3) is 0.0769. The Labute approximate surface area is 118 Å². The topological polar surface area (TPSA) is 98.6 Å². The molecule has 2 N–H and O–H groups in total. The lowest BCUT2D eigenvalue weighted by molar-refractivity contribution is -0.113. The van der Waals surface area contributed by atoms with E-state index in [9.17, 15) is 9.59 Å². The smallest absolute Gasteiger partial charge is 0.251 e. The average molecular weight is 286 g/mol. The van der Waals surface area contributed by atoms with E-state index in [2.05, 4.69) is 15.3 Å². The van der Waals surface area contributed by atoms with Gasteiger partial charge in [-0.1, -0.05) is 11.8 Å². The van der Waals surface area contributed by atoms with Gasteiger partial charge >= 0.3 is 0 Å². The van der Waals surface area contributed by atoms with Crippen LogP contribution in [0.5, 0.6) is 0 Å². The predicted molar refractivity (Wildman–Crippen MR) is 75.4 cm³/mol. The van der Waals surface area contributed by atoms with E-state index in [1.54, 1.807) is 24.3 Å². The molecule has 0 unspecified atom stereocenters. The molecule has 0 bridgehead atoms. The molecule has 0 saturated heterocycles. The number of H-pyrrole nitrogens is 1. The SMILES string of the molecule is N#Cc1ccc(NC(=O)CSc2nccc(=O)[nH]2)cc1. The molecule has 0 fully saturated rings. The quantitative estimate of drug-likeness (QED) is 0.653. The number of carbonyl (C=O) groups is 1. The summed E-state index contributed by atoms with van der Waals surface area (Å²) in [6, 6.07) is 9.87. The van der Waals surface area contributed by atoms with E-state index in [0.717, 1.165) is 11.8 Å². The Hall–Kier alpha value is -2.59. The third kappa shape index (κ3) is 3.96. The number of thioether (sulfide) groups is 1. The van der Waals surface area contributed by atoms with E-state index in [-0.39, 0.29) is 17.2 Å². The van der Waals surface area contributed by atoms with Crippen molar-refractivity contribution < 1.29 is 4.79 Å². The molecule has 1 aromatic heterocycles. The van der Waals surface area contributed by atoms with Gasteiger partial charge in [0, 0.05) is 18.0 Å². The summed E-state index contributed by atoms with van der Waals surface area (Å²) in [5.41, 5.74) is 0.891. The molecular weight excluding hydrogens is 276 g/mol. The van der Waals surface area contributed by atoms with Crippen LogP contribution in [0.4, 0.5) is 5.69 Å². The summed E-state index contributed by atoms with van der Waals surface area (Å²) >= 11 is 1.14. The highest BCUT2D eigenvalue weighted by atomic mass is 32.2. The molecule has 0 radical (unpaired) electrons. The first-order valence-corrected chi connectivity index (χ1v) is 6.64. The van der Waals surface area contributed by atoms with Crippen molar-refractivity contribution in [3.63, 3.8) is 0 Å². The fourth-order valence-electron chi connectivity index (χ4n) is 1.38. The predicted octanol–water partition coefficient (Wildman–Crippen LogP) is 1.37. The van der Waals surface area contributed by atoms with Gasteiger partial charge in [0.2, 0.25) is 5.91 Å². The first-order valence-electron chi connectivity index (χ1n) is 5.65. The zero-order valence-electron chi connectivity index (χ0n) is 10.3. The van der Waals surface area contributed by atoms with Gasteiger partial charge in [0.25, 0.3) is 5.56 Å². The number of nitriles is 1. The van der Waals surface area contributed by atoms with Crippen molar-refractivity contribution in [3.8, 4) is 6.07 Å². The van der Waals surface area contributed by atoms with Gasteiger partial charge in [0.15, 0.2) is 5.16 Å². The number of anilines is 1. The number of nitrogens with zero attached hydrogens (tertiary/aromatic N) is 2. The van der Waals surface area contributed by atoms with Crippen LogP contribution in [0, 0.1) is 11.3 Å². The third-order valence-corrected chi connectivity index (χ3v) is 3.17. The Balaban J connectivity index is 1.89. The minimum Gasteiger partial charge on any atom is -0.325 e. The van der Waals surface area contributed by atoms with Crippen LogP contribution in [0.1, 0.15) is 5.56 Å². The lowest BCUT2D eigenvalue weighted by Crippen LogP contribution is -2.15. The molecule has 1 heterocycles. The van der Waals surface area contributed by atoms with Crippen molar-refractivity contribution in [2.45, 2.75) is 5.16 Å². The number of aromatic amines is 1. The maximum absolute atomic E-state index is 11.7. The van der Waals surface area contributed by atoms with Crippen LogP contribution in [0.2, 0.25) is 0 Å². The molecule has 0 aliphatic heterocycles. The normalized spacial score (nSPS) is 9.75. The second kappa shape index (κ2) is 6.54. The van der Waals surface area contributed by atoms with E-state index in [4.69, 9.17) is 5.26 Å². The zero-order chi connectivity index (χ0) is 14.4. The van der Waals surface area contributed by atoms with Crippen LogP contribution in [-0.2, 0) is 4.79 Å². The van der Waals surface area contributed by atoms with Gasteiger partial charge in [0.05, 0.1) is 17.4 Å². The molecule has 0 spiro atoms. The van der Waals surface area contributed by atoms with Crippen molar-refractivity contribution in [1.29, 1.82) is 5.26 Å². The summed E-state index contributed by atoms with van der Waals surface area (Å²) in [6.45, 7) is 0.